The van der Waals surface area contributed by atoms with Gasteiger partial charge in [-0.25, -0.2) is 0 Å². The van der Waals surface area contributed by atoms with Crippen LogP contribution in [-0.4, -0.2) is 33.3 Å². The fourth-order valence-electron chi connectivity index (χ4n) is 1.89. The van der Waals surface area contributed by atoms with E-state index in [1.807, 2.05) is 37.3 Å². The van der Waals surface area contributed by atoms with Crippen LogP contribution in [0.25, 0.3) is 0 Å². The Morgan fingerprint density at radius 3 is 2.61 bits per heavy atom. The number of rotatable bonds is 9. The van der Waals surface area contributed by atoms with Gasteiger partial charge in [-0.3, -0.25) is 4.79 Å². The number of methoxy groups -OCH3 is 2. The molecule has 23 heavy (non-hydrogen) atoms. The Labute approximate surface area is 137 Å². The Kier molecular flexibility index (Phi) is 8.25. The monoisotopic (exact) mass is 317 g/mol. The average molecular weight is 317 g/mol. The van der Waals surface area contributed by atoms with Gasteiger partial charge < -0.3 is 20.1 Å². The van der Waals surface area contributed by atoms with E-state index in [9.17, 15) is 4.79 Å². The zero-order valence-electron chi connectivity index (χ0n) is 13.8. The molecule has 0 heterocycles. The molecule has 1 atom stereocenters. The number of amides is 1. The second kappa shape index (κ2) is 10.2. The molecular formula is C17H23N3O3. The molecule has 1 aromatic rings. The van der Waals surface area contributed by atoms with Crippen LogP contribution in [0.5, 0.6) is 5.75 Å². The third-order valence-corrected chi connectivity index (χ3v) is 3.24. The lowest BCUT2D eigenvalue weighted by atomic mass is 10.1. The number of ether oxygens (including phenoxy) is 2. The van der Waals surface area contributed by atoms with E-state index in [1.165, 1.54) is 6.20 Å². The largest absolute Gasteiger partial charge is 0.497 e. The normalized spacial score (nSPS) is 12.2. The molecule has 0 radical (unpaired) electrons. The Hall–Kier alpha value is -2.52. The minimum Gasteiger partial charge on any atom is -0.497 e. The molecule has 2 N–H and O–H groups in total. The zero-order chi connectivity index (χ0) is 17.1. The highest BCUT2D eigenvalue weighted by Gasteiger charge is 2.13. The van der Waals surface area contributed by atoms with Gasteiger partial charge in [-0.2, -0.15) is 5.26 Å². The zero-order valence-corrected chi connectivity index (χ0v) is 13.8. The molecule has 0 bridgehead atoms. The number of carbonyl (C=O) groups is 1. The van der Waals surface area contributed by atoms with Gasteiger partial charge in [-0.15, -0.1) is 0 Å². The van der Waals surface area contributed by atoms with Crippen LogP contribution >= 0.6 is 0 Å². The molecule has 1 unspecified atom stereocenters. The van der Waals surface area contributed by atoms with Crippen LogP contribution in [0.2, 0.25) is 0 Å². The molecule has 0 aliphatic carbocycles. The summed E-state index contributed by atoms with van der Waals surface area (Å²) in [5.74, 6) is 0.347. The summed E-state index contributed by atoms with van der Waals surface area (Å²) >= 11 is 0. The van der Waals surface area contributed by atoms with Crippen molar-refractivity contribution in [2.45, 2.75) is 19.4 Å². The quantitative estimate of drug-likeness (QED) is 0.413. The van der Waals surface area contributed by atoms with Gasteiger partial charge in [0, 0.05) is 26.5 Å². The number of nitriles is 1. The number of nitrogens with zero attached hydrogens (tertiary/aromatic N) is 1. The summed E-state index contributed by atoms with van der Waals surface area (Å²) in [6.07, 6.45) is 2.24. The molecule has 6 heteroatoms. The molecule has 0 spiro atoms. The minimum absolute atomic E-state index is 0.0442. The first-order valence-electron chi connectivity index (χ1n) is 7.39. The minimum atomic E-state index is -0.407. The van der Waals surface area contributed by atoms with Crippen LogP contribution < -0.4 is 15.4 Å². The molecule has 1 amide bonds. The smallest absolute Gasteiger partial charge is 0.263 e. The summed E-state index contributed by atoms with van der Waals surface area (Å²) in [6, 6.07) is 9.11. The van der Waals surface area contributed by atoms with Crippen molar-refractivity contribution in [2.24, 2.45) is 0 Å². The highest BCUT2D eigenvalue weighted by molar-refractivity contribution is 5.97. The van der Waals surface area contributed by atoms with Gasteiger partial charge in [0.2, 0.25) is 0 Å². The Balaban J connectivity index is 2.57. The van der Waals surface area contributed by atoms with Crippen molar-refractivity contribution in [3.8, 4) is 11.8 Å². The van der Waals surface area contributed by atoms with E-state index in [0.717, 1.165) is 17.7 Å². The van der Waals surface area contributed by atoms with E-state index in [1.54, 1.807) is 14.2 Å². The topological polar surface area (TPSA) is 83.4 Å². The molecule has 1 rings (SSSR count). The number of benzene rings is 1. The number of nitrogens with one attached hydrogen (secondary N) is 2. The number of carbonyl (C=O) groups excluding carboxylic acids is 1. The molecule has 0 aliphatic heterocycles. The average Bonchev–Trinajstić information content (AvgIpc) is 2.58. The van der Waals surface area contributed by atoms with E-state index in [4.69, 9.17) is 14.7 Å². The fraction of sp³-hybridized carbons (Fsp3) is 0.412. The van der Waals surface area contributed by atoms with Gasteiger partial charge in [0.1, 0.15) is 17.4 Å². The Bertz CT molecular complexity index is 561. The van der Waals surface area contributed by atoms with Crippen molar-refractivity contribution < 1.29 is 14.3 Å². The van der Waals surface area contributed by atoms with Crippen molar-refractivity contribution in [2.75, 3.05) is 27.4 Å². The standard InChI is InChI=1S/C17H23N3O3/c1-13(14-5-7-16(23-3)8-6-14)20-17(21)15(11-18)12-19-9-4-10-22-2/h5-8,12-13,19H,4,9-10H2,1-3H3,(H,20,21)/b15-12-. The highest BCUT2D eigenvalue weighted by Crippen LogP contribution is 2.17. The van der Waals surface area contributed by atoms with Gasteiger partial charge >= 0.3 is 0 Å². The summed E-state index contributed by atoms with van der Waals surface area (Å²) < 4.78 is 10.0. The summed E-state index contributed by atoms with van der Waals surface area (Å²) in [5, 5.41) is 14.8. The van der Waals surface area contributed by atoms with E-state index in [-0.39, 0.29) is 11.6 Å². The molecule has 6 nitrogen and oxygen atoms in total. The lowest BCUT2D eigenvalue weighted by Crippen LogP contribution is -2.28. The van der Waals surface area contributed by atoms with Gasteiger partial charge in [0.15, 0.2) is 0 Å². The molecule has 0 saturated carbocycles. The lowest BCUT2D eigenvalue weighted by molar-refractivity contribution is -0.117. The van der Waals surface area contributed by atoms with Crippen molar-refractivity contribution in [3.63, 3.8) is 0 Å². The molecule has 0 aromatic heterocycles. The highest BCUT2D eigenvalue weighted by atomic mass is 16.5. The van der Waals surface area contributed by atoms with Gasteiger partial charge in [0.05, 0.1) is 13.2 Å². The third-order valence-electron chi connectivity index (χ3n) is 3.24. The van der Waals surface area contributed by atoms with E-state index >= 15 is 0 Å². The lowest BCUT2D eigenvalue weighted by Gasteiger charge is -2.14. The molecule has 1 aromatic carbocycles. The maximum Gasteiger partial charge on any atom is 0.263 e. The van der Waals surface area contributed by atoms with Crippen LogP contribution in [0.1, 0.15) is 24.9 Å². The first-order valence-corrected chi connectivity index (χ1v) is 7.39. The second-order valence-corrected chi connectivity index (χ2v) is 4.94. The fourth-order valence-corrected chi connectivity index (χ4v) is 1.89. The Morgan fingerprint density at radius 2 is 2.04 bits per heavy atom. The summed E-state index contributed by atoms with van der Waals surface area (Å²) in [7, 11) is 3.23. The maximum atomic E-state index is 12.1. The third kappa shape index (κ3) is 6.41. The van der Waals surface area contributed by atoms with Crippen LogP contribution in [0, 0.1) is 11.3 Å². The van der Waals surface area contributed by atoms with Crippen molar-refractivity contribution in [3.05, 3.63) is 41.6 Å². The van der Waals surface area contributed by atoms with Crippen LogP contribution in [0.15, 0.2) is 36.0 Å². The predicted molar refractivity (Wildman–Crippen MR) is 87.7 cm³/mol. The van der Waals surface area contributed by atoms with E-state index < -0.39 is 5.91 Å². The maximum absolute atomic E-state index is 12.1. The predicted octanol–water partition coefficient (Wildman–Crippen LogP) is 1.91. The van der Waals surface area contributed by atoms with E-state index in [2.05, 4.69) is 10.6 Å². The first-order chi connectivity index (χ1) is 11.1. The van der Waals surface area contributed by atoms with Crippen molar-refractivity contribution >= 4 is 5.91 Å². The summed E-state index contributed by atoms with van der Waals surface area (Å²) in [5.41, 5.74) is 0.979. The number of hydrogen-bond donors (Lipinski definition) is 2. The van der Waals surface area contributed by atoms with E-state index in [0.29, 0.717) is 13.2 Å². The molecule has 0 aliphatic rings. The molecule has 0 saturated heterocycles. The first kappa shape index (κ1) is 18.5. The van der Waals surface area contributed by atoms with Crippen LogP contribution in [0.4, 0.5) is 0 Å². The molecule has 124 valence electrons. The van der Waals surface area contributed by atoms with Gasteiger partial charge in [-0.1, -0.05) is 12.1 Å². The van der Waals surface area contributed by atoms with Gasteiger partial charge in [0.25, 0.3) is 5.91 Å². The molecule has 0 fully saturated rings. The summed E-state index contributed by atoms with van der Waals surface area (Å²) in [6.45, 7) is 3.13. The number of hydrogen-bond acceptors (Lipinski definition) is 5. The van der Waals surface area contributed by atoms with Gasteiger partial charge in [-0.05, 0) is 31.0 Å². The second-order valence-electron chi connectivity index (χ2n) is 4.94. The van der Waals surface area contributed by atoms with Crippen LogP contribution in [-0.2, 0) is 9.53 Å². The molecular weight excluding hydrogens is 294 g/mol. The van der Waals surface area contributed by atoms with Crippen molar-refractivity contribution in [1.82, 2.24) is 10.6 Å². The summed E-state index contributed by atoms with van der Waals surface area (Å²) in [4.78, 5) is 12.1. The Morgan fingerprint density at radius 1 is 1.35 bits per heavy atom. The SMILES string of the molecule is COCCCN/C=C(/C#N)C(=O)NC(C)c1ccc(OC)cc1. The van der Waals surface area contributed by atoms with Crippen molar-refractivity contribution in [1.29, 1.82) is 5.26 Å². The van der Waals surface area contributed by atoms with Crippen LogP contribution in [0.3, 0.4) is 0 Å².